The Hall–Kier alpha value is -1.37. The van der Waals surface area contributed by atoms with Gasteiger partial charge in [0, 0.05) is 15.9 Å². The largest absolute Gasteiger partial charge is 0.336 e. The van der Waals surface area contributed by atoms with Crippen molar-refractivity contribution in [3.05, 3.63) is 50.6 Å². The molecule has 0 aliphatic rings. The third kappa shape index (κ3) is 4.56. The van der Waals surface area contributed by atoms with Gasteiger partial charge in [0.2, 0.25) is 0 Å². The summed E-state index contributed by atoms with van der Waals surface area (Å²) in [7, 11) is 4.03. The number of carbonyl (C=O) groups is 1. The maximum absolute atomic E-state index is 12.1. The van der Waals surface area contributed by atoms with Gasteiger partial charge in [-0.15, -0.1) is 11.3 Å². The lowest BCUT2D eigenvalue weighted by molar-refractivity contribution is 0.244. The molecule has 1 aromatic carbocycles. The molecule has 118 valence electrons. The number of urea groups is 1. The topological polar surface area (TPSA) is 44.4 Å². The predicted molar refractivity (Wildman–Crippen MR) is 96.6 cm³/mol. The summed E-state index contributed by atoms with van der Waals surface area (Å²) < 4.78 is 0.880. The van der Waals surface area contributed by atoms with E-state index in [0.29, 0.717) is 6.54 Å². The molecule has 0 fully saturated rings. The first-order chi connectivity index (χ1) is 10.5. The van der Waals surface area contributed by atoms with E-state index < -0.39 is 0 Å². The first-order valence-electron chi connectivity index (χ1n) is 6.98. The van der Waals surface area contributed by atoms with Crippen LogP contribution in [0.3, 0.4) is 0 Å². The fourth-order valence-electron chi connectivity index (χ4n) is 2.10. The van der Waals surface area contributed by atoms with Gasteiger partial charge in [0.15, 0.2) is 0 Å². The number of nitrogens with zero attached hydrogens (tertiary/aromatic N) is 1. The van der Waals surface area contributed by atoms with Gasteiger partial charge in [0.25, 0.3) is 0 Å². The number of rotatable bonds is 5. The van der Waals surface area contributed by atoms with E-state index in [1.54, 1.807) is 11.3 Å². The number of likely N-dealkylation sites (N-methyl/N-ethyl adjacent to an activating group) is 1. The van der Waals surface area contributed by atoms with Crippen LogP contribution in [0.1, 0.15) is 16.5 Å². The standard InChI is InChI=1S/C16H20BrN3OS/c1-11-6-7-13(12(17)9-11)19-16(21)18-10-14(20(2)3)15-5-4-8-22-15/h4-9,14H,10H2,1-3H3,(H2,18,19,21). The van der Waals surface area contributed by atoms with Crippen LogP contribution in [0.4, 0.5) is 10.5 Å². The van der Waals surface area contributed by atoms with E-state index in [1.807, 2.05) is 45.3 Å². The zero-order valence-corrected chi connectivity index (χ0v) is 15.3. The van der Waals surface area contributed by atoms with Crippen molar-refractivity contribution < 1.29 is 4.79 Å². The van der Waals surface area contributed by atoms with Gasteiger partial charge >= 0.3 is 6.03 Å². The zero-order valence-electron chi connectivity index (χ0n) is 12.9. The van der Waals surface area contributed by atoms with Gasteiger partial charge < -0.3 is 15.5 Å². The summed E-state index contributed by atoms with van der Waals surface area (Å²) in [5.41, 5.74) is 1.91. The summed E-state index contributed by atoms with van der Waals surface area (Å²) in [6, 6.07) is 9.92. The minimum Gasteiger partial charge on any atom is -0.336 e. The van der Waals surface area contributed by atoms with Crippen LogP contribution in [-0.4, -0.2) is 31.6 Å². The van der Waals surface area contributed by atoms with Gasteiger partial charge in [0.05, 0.1) is 11.7 Å². The van der Waals surface area contributed by atoms with Gasteiger partial charge in [-0.2, -0.15) is 0 Å². The lowest BCUT2D eigenvalue weighted by Crippen LogP contribution is -2.36. The Morgan fingerprint density at radius 2 is 2.14 bits per heavy atom. The fourth-order valence-corrected chi connectivity index (χ4v) is 3.61. The third-order valence-corrected chi connectivity index (χ3v) is 4.95. The average molecular weight is 382 g/mol. The molecule has 6 heteroatoms. The monoisotopic (exact) mass is 381 g/mol. The molecule has 0 aliphatic heterocycles. The summed E-state index contributed by atoms with van der Waals surface area (Å²) in [4.78, 5) is 15.4. The van der Waals surface area contributed by atoms with Crippen LogP contribution in [0.15, 0.2) is 40.2 Å². The molecule has 0 radical (unpaired) electrons. The summed E-state index contributed by atoms with van der Waals surface area (Å²) in [5.74, 6) is 0. The smallest absolute Gasteiger partial charge is 0.319 e. The highest BCUT2D eigenvalue weighted by Crippen LogP contribution is 2.24. The van der Waals surface area contributed by atoms with Crippen LogP contribution in [0.25, 0.3) is 0 Å². The van der Waals surface area contributed by atoms with Crippen LogP contribution in [0.5, 0.6) is 0 Å². The molecule has 4 nitrogen and oxygen atoms in total. The quantitative estimate of drug-likeness (QED) is 0.812. The summed E-state index contributed by atoms with van der Waals surface area (Å²) in [6.45, 7) is 2.57. The molecule has 0 saturated heterocycles. The summed E-state index contributed by atoms with van der Waals surface area (Å²) in [6.07, 6.45) is 0. The van der Waals surface area contributed by atoms with E-state index in [2.05, 4.69) is 42.9 Å². The van der Waals surface area contributed by atoms with Crippen molar-refractivity contribution in [3.63, 3.8) is 0 Å². The molecule has 22 heavy (non-hydrogen) atoms. The first-order valence-corrected chi connectivity index (χ1v) is 8.65. The van der Waals surface area contributed by atoms with Crippen molar-refractivity contribution in [3.8, 4) is 0 Å². The van der Waals surface area contributed by atoms with Crippen LogP contribution >= 0.6 is 27.3 Å². The van der Waals surface area contributed by atoms with Crippen molar-refractivity contribution in [1.82, 2.24) is 10.2 Å². The number of carbonyl (C=O) groups excluding carboxylic acids is 1. The Kier molecular flexibility index (Phi) is 5.99. The maximum atomic E-state index is 12.1. The van der Waals surface area contributed by atoms with Crippen molar-refractivity contribution >= 4 is 39.0 Å². The second-order valence-electron chi connectivity index (χ2n) is 5.31. The van der Waals surface area contributed by atoms with Crippen molar-refractivity contribution in [1.29, 1.82) is 0 Å². The van der Waals surface area contributed by atoms with Gasteiger partial charge in [-0.3, -0.25) is 0 Å². The SMILES string of the molecule is Cc1ccc(NC(=O)NCC(c2cccs2)N(C)C)c(Br)c1. The molecule has 2 rings (SSSR count). The molecule has 0 spiro atoms. The number of halogens is 1. The number of thiophene rings is 1. The third-order valence-electron chi connectivity index (χ3n) is 3.32. The number of aryl methyl sites for hydroxylation is 1. The molecule has 1 unspecified atom stereocenters. The molecule has 2 aromatic rings. The number of hydrogen-bond donors (Lipinski definition) is 2. The highest BCUT2D eigenvalue weighted by molar-refractivity contribution is 9.10. The minimum atomic E-state index is -0.201. The number of amides is 2. The lowest BCUT2D eigenvalue weighted by atomic mass is 10.2. The van der Waals surface area contributed by atoms with E-state index in [4.69, 9.17) is 0 Å². The molecular formula is C16H20BrN3OS. The average Bonchev–Trinajstić information content (AvgIpc) is 2.96. The molecule has 2 N–H and O–H groups in total. The van der Waals surface area contributed by atoms with Crippen LogP contribution in [0.2, 0.25) is 0 Å². The number of benzene rings is 1. The second kappa shape index (κ2) is 7.76. The maximum Gasteiger partial charge on any atom is 0.319 e. The van der Waals surface area contributed by atoms with Gasteiger partial charge in [-0.25, -0.2) is 4.79 Å². The van der Waals surface area contributed by atoms with Crippen molar-refractivity contribution in [2.24, 2.45) is 0 Å². The molecule has 1 aromatic heterocycles. The molecule has 0 saturated carbocycles. The summed E-state index contributed by atoms with van der Waals surface area (Å²) in [5, 5.41) is 7.85. The van der Waals surface area contributed by atoms with Gasteiger partial charge in [-0.1, -0.05) is 12.1 Å². The van der Waals surface area contributed by atoms with Crippen molar-refractivity contribution in [2.75, 3.05) is 26.0 Å². The second-order valence-corrected chi connectivity index (χ2v) is 7.15. The normalized spacial score (nSPS) is 12.2. The number of nitrogens with one attached hydrogen (secondary N) is 2. The minimum absolute atomic E-state index is 0.173. The number of anilines is 1. The van der Waals surface area contributed by atoms with E-state index in [1.165, 1.54) is 4.88 Å². The Morgan fingerprint density at radius 3 is 2.73 bits per heavy atom. The van der Waals surface area contributed by atoms with E-state index in [0.717, 1.165) is 15.7 Å². The van der Waals surface area contributed by atoms with Gasteiger partial charge in [0.1, 0.15) is 0 Å². The Bertz CT molecular complexity index is 628. The Balaban J connectivity index is 1.94. The van der Waals surface area contributed by atoms with E-state index in [9.17, 15) is 4.79 Å². The van der Waals surface area contributed by atoms with E-state index >= 15 is 0 Å². The molecule has 0 bridgehead atoms. The lowest BCUT2D eigenvalue weighted by Gasteiger charge is -2.23. The summed E-state index contributed by atoms with van der Waals surface area (Å²) >= 11 is 5.16. The molecule has 1 atom stereocenters. The molecule has 1 heterocycles. The van der Waals surface area contributed by atoms with E-state index in [-0.39, 0.29) is 12.1 Å². The molecule has 0 aliphatic carbocycles. The van der Waals surface area contributed by atoms with Gasteiger partial charge in [-0.05, 0) is 66.1 Å². The molecular weight excluding hydrogens is 362 g/mol. The Morgan fingerprint density at radius 1 is 1.36 bits per heavy atom. The number of hydrogen-bond acceptors (Lipinski definition) is 3. The highest BCUT2D eigenvalue weighted by atomic mass is 79.9. The molecule has 2 amide bonds. The van der Waals surface area contributed by atoms with Crippen LogP contribution in [-0.2, 0) is 0 Å². The Labute approximate surface area is 143 Å². The van der Waals surface area contributed by atoms with Crippen LogP contribution in [0, 0.1) is 6.92 Å². The first kappa shape index (κ1) is 17.0. The van der Waals surface area contributed by atoms with Crippen molar-refractivity contribution in [2.45, 2.75) is 13.0 Å². The highest BCUT2D eigenvalue weighted by Gasteiger charge is 2.16. The zero-order chi connectivity index (χ0) is 16.1. The fraction of sp³-hybridized carbons (Fsp3) is 0.312. The van der Waals surface area contributed by atoms with Crippen LogP contribution < -0.4 is 10.6 Å². The predicted octanol–water partition coefficient (Wildman–Crippen LogP) is 4.24.